The molecule has 1 aliphatic heterocycles. The first-order chi connectivity index (χ1) is 15.8. The Morgan fingerprint density at radius 3 is 1.82 bits per heavy atom. The third-order valence-electron chi connectivity index (χ3n) is 5.20. The fourth-order valence-electron chi connectivity index (χ4n) is 3.62. The van der Waals surface area contributed by atoms with Crippen molar-refractivity contribution in [3.8, 4) is 0 Å². The maximum atomic E-state index is 10.6. The normalized spacial score (nSPS) is 17.4. The van der Waals surface area contributed by atoms with E-state index in [0.29, 0.717) is 0 Å². The highest BCUT2D eigenvalue weighted by Crippen LogP contribution is 2.36. The number of amidine groups is 1. The van der Waals surface area contributed by atoms with Gasteiger partial charge in [0.15, 0.2) is 0 Å². The van der Waals surface area contributed by atoms with Crippen LogP contribution < -0.4 is 5.32 Å². The summed E-state index contributed by atoms with van der Waals surface area (Å²) in [5.41, 5.74) is 3.96. The summed E-state index contributed by atoms with van der Waals surface area (Å²) in [5, 5.41) is 10.8. The number of benzene rings is 3. The third kappa shape index (κ3) is 7.20. The van der Waals surface area contributed by atoms with Crippen LogP contribution in [0.5, 0.6) is 0 Å². The van der Waals surface area contributed by atoms with Crippen molar-refractivity contribution in [1.29, 1.82) is 0 Å². The molecule has 0 aromatic heterocycles. The molecule has 0 bridgehead atoms. The number of rotatable bonds is 6. The number of halogens is 3. The molecule has 0 unspecified atom stereocenters. The zero-order valence-electron chi connectivity index (χ0n) is 17.9. The third-order valence-corrected chi connectivity index (χ3v) is 5.20. The molecule has 2 N–H and O–H groups in total. The number of alkyl halides is 3. The number of carboxylic acid groups (broad SMARTS) is 1. The molecule has 3 aromatic carbocycles. The average Bonchev–Trinajstić information content (AvgIpc) is 3.25. The Morgan fingerprint density at radius 1 is 0.818 bits per heavy atom. The van der Waals surface area contributed by atoms with E-state index in [-0.39, 0.29) is 12.1 Å². The Hall–Kier alpha value is -3.61. The van der Waals surface area contributed by atoms with E-state index < -0.39 is 12.1 Å². The molecule has 0 aliphatic carbocycles. The van der Waals surface area contributed by atoms with Crippen molar-refractivity contribution in [3.63, 3.8) is 0 Å². The summed E-state index contributed by atoms with van der Waals surface area (Å²) in [7, 11) is 0. The minimum absolute atomic E-state index is 0.144. The van der Waals surface area contributed by atoms with Crippen LogP contribution in [-0.4, -0.2) is 23.1 Å². The van der Waals surface area contributed by atoms with Crippen LogP contribution in [0.4, 0.5) is 13.2 Å². The number of nitrogens with one attached hydrogen (secondary N) is 1. The van der Waals surface area contributed by atoms with Gasteiger partial charge in [0.05, 0.1) is 11.9 Å². The number of carbonyl (C=O) groups is 1. The van der Waals surface area contributed by atoms with Gasteiger partial charge in [-0.1, -0.05) is 91.0 Å². The molecule has 4 nitrogen and oxygen atoms in total. The van der Waals surface area contributed by atoms with Gasteiger partial charge in [0.2, 0.25) is 0 Å². The molecule has 7 heteroatoms. The van der Waals surface area contributed by atoms with Crippen molar-refractivity contribution in [2.24, 2.45) is 4.99 Å². The minimum Gasteiger partial charge on any atom is -0.475 e. The van der Waals surface area contributed by atoms with Gasteiger partial charge >= 0.3 is 12.1 Å². The Balaban J connectivity index is 0.000000383. The molecule has 0 fully saturated rings. The average molecular weight is 454 g/mol. The van der Waals surface area contributed by atoms with Gasteiger partial charge in [-0.3, -0.25) is 4.99 Å². The van der Waals surface area contributed by atoms with E-state index in [9.17, 15) is 13.2 Å². The van der Waals surface area contributed by atoms with Crippen LogP contribution in [-0.2, 0) is 11.2 Å². The van der Waals surface area contributed by atoms with Gasteiger partial charge in [-0.05, 0) is 29.5 Å². The van der Waals surface area contributed by atoms with Crippen molar-refractivity contribution >= 4 is 11.8 Å². The monoisotopic (exact) mass is 454 g/mol. The van der Waals surface area contributed by atoms with Gasteiger partial charge < -0.3 is 10.4 Å². The van der Waals surface area contributed by atoms with E-state index in [1.54, 1.807) is 0 Å². The van der Waals surface area contributed by atoms with Crippen LogP contribution in [0.15, 0.2) is 96.0 Å². The van der Waals surface area contributed by atoms with Gasteiger partial charge in [0.25, 0.3) is 0 Å². The van der Waals surface area contributed by atoms with Crippen LogP contribution >= 0.6 is 0 Å². The van der Waals surface area contributed by atoms with E-state index in [1.165, 1.54) is 16.7 Å². The molecular formula is C26H25F3N2O2. The van der Waals surface area contributed by atoms with Crippen LogP contribution in [0.2, 0.25) is 0 Å². The van der Waals surface area contributed by atoms with Crippen molar-refractivity contribution in [1.82, 2.24) is 5.32 Å². The summed E-state index contributed by atoms with van der Waals surface area (Å²) in [4.78, 5) is 13.9. The number of hydrogen-bond acceptors (Lipinski definition) is 3. The van der Waals surface area contributed by atoms with Gasteiger partial charge in [-0.25, -0.2) is 4.79 Å². The Bertz CT molecular complexity index is 1040. The molecule has 0 saturated carbocycles. The number of nitrogens with zero attached hydrogens (tertiary/aromatic N) is 1. The van der Waals surface area contributed by atoms with Gasteiger partial charge in [0.1, 0.15) is 6.04 Å². The second-order valence-electron chi connectivity index (χ2n) is 7.61. The fraction of sp³-hybridized carbons (Fsp3) is 0.231. The van der Waals surface area contributed by atoms with Gasteiger partial charge in [-0.15, -0.1) is 0 Å². The lowest BCUT2D eigenvalue weighted by atomic mass is 9.95. The maximum absolute atomic E-state index is 10.6. The molecular weight excluding hydrogens is 429 g/mol. The summed E-state index contributed by atoms with van der Waals surface area (Å²) in [6, 6.07) is 32.3. The molecule has 1 aliphatic rings. The number of aliphatic imine (C=N–C) groups is 1. The maximum Gasteiger partial charge on any atom is 0.490 e. The molecule has 1 heterocycles. The molecule has 3 aromatic rings. The van der Waals surface area contributed by atoms with E-state index in [4.69, 9.17) is 14.9 Å². The topological polar surface area (TPSA) is 61.7 Å². The summed E-state index contributed by atoms with van der Waals surface area (Å²) in [6.45, 7) is 0. The van der Waals surface area contributed by atoms with E-state index >= 15 is 0 Å². The van der Waals surface area contributed by atoms with Crippen LogP contribution in [0.1, 0.15) is 41.6 Å². The van der Waals surface area contributed by atoms with Gasteiger partial charge in [-0.2, -0.15) is 13.2 Å². The highest BCUT2D eigenvalue weighted by Gasteiger charge is 2.38. The van der Waals surface area contributed by atoms with E-state index in [0.717, 1.165) is 25.1 Å². The predicted molar refractivity (Wildman–Crippen MR) is 122 cm³/mol. The zero-order valence-corrected chi connectivity index (χ0v) is 17.9. The molecule has 0 spiro atoms. The van der Waals surface area contributed by atoms with Crippen molar-refractivity contribution in [2.75, 3.05) is 0 Å². The Labute approximate surface area is 190 Å². The Kier molecular flexibility index (Phi) is 8.24. The molecule has 0 radical (unpaired) electrons. The lowest BCUT2D eigenvalue weighted by Crippen LogP contribution is -2.24. The number of carboxylic acids is 1. The second kappa shape index (κ2) is 11.3. The van der Waals surface area contributed by atoms with Crippen LogP contribution in [0.25, 0.3) is 0 Å². The quantitative estimate of drug-likeness (QED) is 0.471. The van der Waals surface area contributed by atoms with Crippen LogP contribution in [0, 0.1) is 0 Å². The summed E-state index contributed by atoms with van der Waals surface area (Å²) < 4.78 is 31.7. The SMILES string of the molecule is O=C(O)C(F)(F)F.c1ccc(CCCC2=N[C@H](c3ccccc3)[C@H](c3ccccc3)N2)cc1. The molecule has 0 amide bonds. The molecule has 0 saturated heterocycles. The predicted octanol–water partition coefficient (Wildman–Crippen LogP) is 6.13. The summed E-state index contributed by atoms with van der Waals surface area (Å²) in [5.74, 6) is -1.63. The lowest BCUT2D eigenvalue weighted by Gasteiger charge is -2.19. The molecule has 33 heavy (non-hydrogen) atoms. The summed E-state index contributed by atoms with van der Waals surface area (Å²) >= 11 is 0. The smallest absolute Gasteiger partial charge is 0.475 e. The molecule has 2 atom stereocenters. The first-order valence-electron chi connectivity index (χ1n) is 10.6. The zero-order chi connectivity index (χ0) is 23.7. The summed E-state index contributed by atoms with van der Waals surface area (Å²) in [6.07, 6.45) is -1.89. The number of aliphatic carboxylic acids is 1. The molecule has 172 valence electrons. The minimum atomic E-state index is -5.08. The fourth-order valence-corrected chi connectivity index (χ4v) is 3.62. The van der Waals surface area contributed by atoms with Crippen LogP contribution in [0.3, 0.4) is 0 Å². The first-order valence-corrected chi connectivity index (χ1v) is 10.6. The van der Waals surface area contributed by atoms with Crippen molar-refractivity contribution in [3.05, 3.63) is 108 Å². The number of hydrogen-bond donors (Lipinski definition) is 2. The van der Waals surface area contributed by atoms with Crippen molar-refractivity contribution < 1.29 is 23.1 Å². The largest absolute Gasteiger partial charge is 0.490 e. The van der Waals surface area contributed by atoms with Crippen molar-refractivity contribution in [2.45, 2.75) is 37.5 Å². The highest BCUT2D eigenvalue weighted by molar-refractivity contribution is 5.85. The number of aryl methyl sites for hydroxylation is 1. The first kappa shape index (κ1) is 24.0. The highest BCUT2D eigenvalue weighted by atomic mass is 19.4. The van der Waals surface area contributed by atoms with E-state index in [2.05, 4.69) is 96.3 Å². The standard InChI is InChI=1S/C24H24N2.C2HF3O2/c1-4-11-19(12-5-1)13-10-18-22-25-23(20-14-6-2-7-15-20)24(26-22)21-16-8-3-9-17-21;3-2(4,5)1(6)7/h1-9,11-12,14-17,23-24H,10,13,18H2,(H,25,26);(H,6,7)/t23-,24+;. The van der Waals surface area contributed by atoms with E-state index in [1.807, 2.05) is 0 Å². The second-order valence-corrected chi connectivity index (χ2v) is 7.61. The Morgan fingerprint density at radius 2 is 1.30 bits per heavy atom. The molecule has 4 rings (SSSR count). The lowest BCUT2D eigenvalue weighted by molar-refractivity contribution is -0.192. The van der Waals surface area contributed by atoms with Gasteiger partial charge in [0, 0.05) is 6.42 Å².